The van der Waals surface area contributed by atoms with Crippen LogP contribution in [-0.4, -0.2) is 19.0 Å². The van der Waals surface area contributed by atoms with Crippen LogP contribution in [0.5, 0.6) is 0 Å². The molecule has 0 spiro atoms. The van der Waals surface area contributed by atoms with Crippen LogP contribution in [0.1, 0.15) is 18.1 Å². The molecule has 0 atom stereocenters. The molecule has 0 aromatic heterocycles. The third kappa shape index (κ3) is 3.25. The number of carbonyl (C=O) groups excluding carboxylic acids is 1. The zero-order valence-corrected chi connectivity index (χ0v) is 13.4. The maximum Gasteiger partial charge on any atom is 0.223 e. The lowest BCUT2D eigenvalue weighted by Crippen LogP contribution is -2.25. The number of hydrogen-bond donors (Lipinski definition) is 1. The van der Waals surface area contributed by atoms with Crippen LogP contribution < -0.4 is 10.2 Å². The largest absolute Gasteiger partial charge is 0.385 e. The molecular formula is C18H19ClN2O. The number of hydrogen-bond acceptors (Lipinski definition) is 2. The van der Waals surface area contributed by atoms with E-state index in [1.54, 1.807) is 6.92 Å². The third-order valence-electron chi connectivity index (χ3n) is 4.01. The normalized spacial score (nSPS) is 13.1. The monoisotopic (exact) mass is 314 g/mol. The predicted molar refractivity (Wildman–Crippen MR) is 91.8 cm³/mol. The van der Waals surface area contributed by atoms with Crippen LogP contribution in [-0.2, 0) is 17.6 Å². The van der Waals surface area contributed by atoms with Crippen LogP contribution in [0.25, 0.3) is 0 Å². The molecule has 1 N–H and O–H groups in total. The molecule has 114 valence electrons. The Hall–Kier alpha value is -2.00. The van der Waals surface area contributed by atoms with Crippen LogP contribution in [0.2, 0.25) is 5.02 Å². The van der Waals surface area contributed by atoms with Crippen LogP contribution in [0, 0.1) is 0 Å². The minimum atomic E-state index is 0.113. The standard InChI is InChI=1S/C18H19ClN2O/c1-13(22)21-11-9-15-12-17(6-7-18(15)21)20-10-8-14-2-4-16(19)5-3-14/h2-7,12,20H,8-11H2,1H3. The summed E-state index contributed by atoms with van der Waals surface area (Å²) in [4.78, 5) is 13.4. The van der Waals surface area contributed by atoms with Gasteiger partial charge in [-0.15, -0.1) is 0 Å². The zero-order chi connectivity index (χ0) is 15.5. The molecular weight excluding hydrogens is 296 g/mol. The van der Waals surface area contributed by atoms with E-state index in [9.17, 15) is 4.79 Å². The highest BCUT2D eigenvalue weighted by Crippen LogP contribution is 2.30. The molecule has 2 aromatic rings. The Kier molecular flexibility index (Phi) is 4.34. The maximum absolute atomic E-state index is 11.5. The fourth-order valence-corrected chi connectivity index (χ4v) is 2.97. The summed E-state index contributed by atoms with van der Waals surface area (Å²) in [6.07, 6.45) is 1.88. The van der Waals surface area contributed by atoms with Crippen molar-refractivity contribution >= 4 is 28.9 Å². The van der Waals surface area contributed by atoms with Gasteiger partial charge in [-0.2, -0.15) is 0 Å². The lowest BCUT2D eigenvalue weighted by atomic mass is 10.1. The smallest absolute Gasteiger partial charge is 0.223 e. The second kappa shape index (κ2) is 6.41. The summed E-state index contributed by atoms with van der Waals surface area (Å²) in [7, 11) is 0. The second-order valence-electron chi connectivity index (χ2n) is 5.57. The number of anilines is 2. The summed E-state index contributed by atoms with van der Waals surface area (Å²) in [6.45, 7) is 3.28. The van der Waals surface area contributed by atoms with Crippen molar-refractivity contribution in [2.45, 2.75) is 19.8 Å². The highest BCUT2D eigenvalue weighted by molar-refractivity contribution is 6.30. The Labute approximate surface area is 135 Å². The molecule has 0 radical (unpaired) electrons. The molecule has 3 nitrogen and oxygen atoms in total. The van der Waals surface area contributed by atoms with E-state index in [0.29, 0.717) is 0 Å². The molecule has 1 amide bonds. The number of halogens is 1. The molecule has 0 aliphatic carbocycles. The van der Waals surface area contributed by atoms with Gasteiger partial charge < -0.3 is 10.2 Å². The first-order valence-electron chi connectivity index (χ1n) is 7.53. The summed E-state index contributed by atoms with van der Waals surface area (Å²) in [5.41, 5.74) is 4.67. The SMILES string of the molecule is CC(=O)N1CCc2cc(NCCc3ccc(Cl)cc3)ccc21. The van der Waals surface area contributed by atoms with Gasteiger partial charge in [0.2, 0.25) is 5.91 Å². The van der Waals surface area contributed by atoms with Crippen molar-refractivity contribution in [3.8, 4) is 0 Å². The lowest BCUT2D eigenvalue weighted by molar-refractivity contribution is -0.116. The van der Waals surface area contributed by atoms with E-state index in [0.717, 1.165) is 42.3 Å². The highest BCUT2D eigenvalue weighted by Gasteiger charge is 2.21. The van der Waals surface area contributed by atoms with Gasteiger partial charge in [0.15, 0.2) is 0 Å². The molecule has 4 heteroatoms. The number of benzene rings is 2. The molecule has 0 unspecified atom stereocenters. The van der Waals surface area contributed by atoms with E-state index in [-0.39, 0.29) is 5.91 Å². The second-order valence-corrected chi connectivity index (χ2v) is 6.00. The van der Waals surface area contributed by atoms with Crippen LogP contribution in [0.4, 0.5) is 11.4 Å². The number of nitrogens with zero attached hydrogens (tertiary/aromatic N) is 1. The van der Waals surface area contributed by atoms with Gasteiger partial charge in [-0.05, 0) is 54.3 Å². The number of fused-ring (bicyclic) bond motifs is 1. The van der Waals surface area contributed by atoms with Crippen molar-refractivity contribution in [3.05, 3.63) is 58.6 Å². The fourth-order valence-electron chi connectivity index (χ4n) is 2.84. The minimum absolute atomic E-state index is 0.113. The predicted octanol–water partition coefficient (Wildman–Crippen LogP) is 3.90. The lowest BCUT2D eigenvalue weighted by Gasteiger charge is -2.15. The number of carbonyl (C=O) groups is 1. The van der Waals surface area contributed by atoms with Crippen LogP contribution in [0.15, 0.2) is 42.5 Å². The first kappa shape index (κ1) is 14.9. The van der Waals surface area contributed by atoms with Gasteiger partial charge in [-0.25, -0.2) is 0 Å². The van der Waals surface area contributed by atoms with Gasteiger partial charge in [0.1, 0.15) is 0 Å². The van der Waals surface area contributed by atoms with Gasteiger partial charge in [0.25, 0.3) is 0 Å². The van der Waals surface area contributed by atoms with Crippen molar-refractivity contribution in [3.63, 3.8) is 0 Å². The molecule has 2 aromatic carbocycles. The Bertz CT molecular complexity index is 682. The molecule has 1 heterocycles. The average molecular weight is 315 g/mol. The Morgan fingerprint density at radius 2 is 2.00 bits per heavy atom. The quantitative estimate of drug-likeness (QED) is 0.928. The first-order valence-corrected chi connectivity index (χ1v) is 7.90. The molecule has 3 rings (SSSR count). The van der Waals surface area contributed by atoms with Crippen molar-refractivity contribution in [2.75, 3.05) is 23.3 Å². The topological polar surface area (TPSA) is 32.3 Å². The van der Waals surface area contributed by atoms with E-state index in [1.807, 2.05) is 29.2 Å². The van der Waals surface area contributed by atoms with Gasteiger partial charge >= 0.3 is 0 Å². The van der Waals surface area contributed by atoms with E-state index in [1.165, 1.54) is 11.1 Å². The first-order chi connectivity index (χ1) is 10.6. The van der Waals surface area contributed by atoms with Gasteiger partial charge in [-0.1, -0.05) is 23.7 Å². The third-order valence-corrected chi connectivity index (χ3v) is 4.26. The molecule has 0 saturated carbocycles. The molecule has 0 saturated heterocycles. The zero-order valence-electron chi connectivity index (χ0n) is 12.6. The fraction of sp³-hybridized carbons (Fsp3) is 0.278. The van der Waals surface area contributed by atoms with Crippen molar-refractivity contribution in [1.29, 1.82) is 0 Å². The highest BCUT2D eigenvalue weighted by atomic mass is 35.5. The summed E-state index contributed by atoms with van der Waals surface area (Å²) in [6, 6.07) is 14.2. The summed E-state index contributed by atoms with van der Waals surface area (Å²) in [5.74, 6) is 0.113. The van der Waals surface area contributed by atoms with Crippen molar-refractivity contribution in [2.24, 2.45) is 0 Å². The number of amides is 1. The summed E-state index contributed by atoms with van der Waals surface area (Å²) < 4.78 is 0. The molecule has 1 aliphatic rings. The Morgan fingerprint density at radius 1 is 1.23 bits per heavy atom. The summed E-state index contributed by atoms with van der Waals surface area (Å²) in [5, 5.41) is 4.21. The van der Waals surface area contributed by atoms with Crippen LogP contribution >= 0.6 is 11.6 Å². The minimum Gasteiger partial charge on any atom is -0.385 e. The van der Waals surface area contributed by atoms with Crippen molar-refractivity contribution < 1.29 is 4.79 Å². The molecule has 0 bridgehead atoms. The van der Waals surface area contributed by atoms with E-state index < -0.39 is 0 Å². The summed E-state index contributed by atoms with van der Waals surface area (Å²) >= 11 is 5.89. The molecule has 0 fully saturated rings. The average Bonchev–Trinajstić information content (AvgIpc) is 2.92. The number of nitrogens with one attached hydrogen (secondary N) is 1. The van der Waals surface area contributed by atoms with Crippen molar-refractivity contribution in [1.82, 2.24) is 0 Å². The van der Waals surface area contributed by atoms with Gasteiger partial charge in [0, 0.05) is 36.4 Å². The van der Waals surface area contributed by atoms with Gasteiger partial charge in [0.05, 0.1) is 0 Å². The van der Waals surface area contributed by atoms with Gasteiger partial charge in [-0.3, -0.25) is 4.79 Å². The van der Waals surface area contributed by atoms with Crippen LogP contribution in [0.3, 0.4) is 0 Å². The number of rotatable bonds is 4. The Morgan fingerprint density at radius 3 is 2.73 bits per heavy atom. The molecule has 22 heavy (non-hydrogen) atoms. The van der Waals surface area contributed by atoms with E-state index >= 15 is 0 Å². The Balaban J connectivity index is 1.60. The molecule has 1 aliphatic heterocycles. The van der Waals surface area contributed by atoms with E-state index in [4.69, 9.17) is 11.6 Å². The maximum atomic E-state index is 11.5. The van der Waals surface area contributed by atoms with E-state index in [2.05, 4.69) is 23.5 Å².